The van der Waals surface area contributed by atoms with E-state index in [2.05, 4.69) is 6.07 Å². The first-order chi connectivity index (χ1) is 6.31. The van der Waals surface area contributed by atoms with Crippen molar-refractivity contribution in [3.63, 3.8) is 0 Å². The highest BCUT2D eigenvalue weighted by Crippen LogP contribution is 2.21. The van der Waals surface area contributed by atoms with Crippen LogP contribution in [0.4, 0.5) is 0 Å². The largest absolute Gasteiger partial charge is 0.326 e. The Labute approximate surface area is 77.8 Å². The molecule has 68 valence electrons. The number of Topliss-reactive ketones (excluding diaryl/α,β-unsaturated/α-hetero) is 1. The van der Waals surface area contributed by atoms with Crippen molar-refractivity contribution in [2.45, 2.75) is 25.8 Å². The van der Waals surface area contributed by atoms with Crippen LogP contribution in [0.5, 0.6) is 0 Å². The van der Waals surface area contributed by atoms with E-state index in [-0.39, 0.29) is 5.78 Å². The number of rotatable bonds is 1. The number of aryl methyl sites for hydroxylation is 1. The molecule has 0 spiro atoms. The van der Waals surface area contributed by atoms with Crippen LogP contribution in [-0.2, 0) is 13.0 Å². The quantitative estimate of drug-likeness (QED) is 0.705. The average Bonchev–Trinajstić information content (AvgIpc) is 2.18. The van der Waals surface area contributed by atoms with Crippen molar-refractivity contribution in [2.75, 3.05) is 0 Å². The average molecular weight is 175 g/mol. The maximum absolute atomic E-state index is 11.5. The van der Waals surface area contributed by atoms with Gasteiger partial charge in [-0.15, -0.1) is 0 Å². The van der Waals surface area contributed by atoms with Crippen LogP contribution in [0.3, 0.4) is 0 Å². The van der Waals surface area contributed by atoms with Crippen LogP contribution in [0.2, 0.25) is 0 Å². The van der Waals surface area contributed by atoms with Crippen LogP contribution < -0.4 is 5.73 Å². The molecule has 0 aromatic heterocycles. The lowest BCUT2D eigenvalue weighted by molar-refractivity contribution is 0.0972. The first-order valence-corrected chi connectivity index (χ1v) is 4.66. The van der Waals surface area contributed by atoms with Crippen molar-refractivity contribution in [2.24, 2.45) is 5.73 Å². The van der Waals surface area contributed by atoms with E-state index in [0.717, 1.165) is 24.0 Å². The lowest BCUT2D eigenvalue weighted by Crippen LogP contribution is -2.11. The molecule has 13 heavy (non-hydrogen) atoms. The predicted octanol–water partition coefficient (Wildman–Crippen LogP) is 1.66. The fourth-order valence-corrected chi connectivity index (χ4v) is 1.83. The van der Waals surface area contributed by atoms with Crippen molar-refractivity contribution < 1.29 is 4.79 Å². The molecule has 1 aliphatic carbocycles. The number of carbonyl (C=O) groups is 1. The molecule has 1 aromatic carbocycles. The fourth-order valence-electron chi connectivity index (χ4n) is 1.83. The highest BCUT2D eigenvalue weighted by molar-refractivity contribution is 5.98. The molecule has 2 heteroatoms. The third kappa shape index (κ3) is 1.49. The summed E-state index contributed by atoms with van der Waals surface area (Å²) in [7, 11) is 0. The van der Waals surface area contributed by atoms with Crippen molar-refractivity contribution in [1.82, 2.24) is 0 Å². The van der Waals surface area contributed by atoms with Gasteiger partial charge >= 0.3 is 0 Å². The van der Waals surface area contributed by atoms with Crippen molar-refractivity contribution in [3.8, 4) is 0 Å². The van der Waals surface area contributed by atoms with Gasteiger partial charge in [-0.25, -0.2) is 0 Å². The third-order valence-electron chi connectivity index (χ3n) is 2.56. The number of benzene rings is 1. The van der Waals surface area contributed by atoms with Crippen LogP contribution in [0.1, 0.15) is 34.3 Å². The summed E-state index contributed by atoms with van der Waals surface area (Å²) in [6.07, 6.45) is 2.71. The molecule has 0 unspecified atom stereocenters. The summed E-state index contributed by atoms with van der Waals surface area (Å²) in [6.45, 7) is 0.557. The van der Waals surface area contributed by atoms with E-state index >= 15 is 0 Å². The SMILES string of the molecule is NCc1ccc2c(c1)CCCC2=O. The Balaban J connectivity index is 2.45. The summed E-state index contributed by atoms with van der Waals surface area (Å²) in [5.41, 5.74) is 8.74. The van der Waals surface area contributed by atoms with E-state index in [1.807, 2.05) is 12.1 Å². The topological polar surface area (TPSA) is 43.1 Å². The number of ketones is 1. The maximum atomic E-state index is 11.5. The zero-order valence-corrected chi connectivity index (χ0v) is 7.55. The van der Waals surface area contributed by atoms with Gasteiger partial charge in [-0.1, -0.05) is 18.2 Å². The number of nitrogens with two attached hydrogens (primary N) is 1. The maximum Gasteiger partial charge on any atom is 0.163 e. The van der Waals surface area contributed by atoms with Crippen LogP contribution >= 0.6 is 0 Å². The summed E-state index contributed by atoms with van der Waals surface area (Å²) in [6, 6.07) is 5.92. The molecule has 0 fully saturated rings. The van der Waals surface area contributed by atoms with Gasteiger partial charge in [0.05, 0.1) is 0 Å². The highest BCUT2D eigenvalue weighted by atomic mass is 16.1. The Morgan fingerprint density at radius 2 is 2.15 bits per heavy atom. The van der Waals surface area contributed by atoms with Gasteiger partial charge in [0, 0.05) is 18.5 Å². The minimum atomic E-state index is 0.282. The van der Waals surface area contributed by atoms with Gasteiger partial charge in [0.1, 0.15) is 0 Å². The van der Waals surface area contributed by atoms with Gasteiger partial charge in [0.15, 0.2) is 5.78 Å². The minimum absolute atomic E-state index is 0.282. The molecule has 0 atom stereocenters. The normalized spacial score (nSPS) is 15.6. The summed E-state index contributed by atoms with van der Waals surface area (Å²) < 4.78 is 0. The van der Waals surface area contributed by atoms with E-state index < -0.39 is 0 Å². The number of carbonyl (C=O) groups excluding carboxylic acids is 1. The second-order valence-electron chi connectivity index (χ2n) is 3.47. The molecule has 2 N–H and O–H groups in total. The molecule has 2 nitrogen and oxygen atoms in total. The number of hydrogen-bond acceptors (Lipinski definition) is 2. The van der Waals surface area contributed by atoms with Crippen LogP contribution in [0, 0.1) is 0 Å². The highest BCUT2D eigenvalue weighted by Gasteiger charge is 2.16. The molecule has 0 heterocycles. The molecular formula is C11H13NO. The Hall–Kier alpha value is -1.15. The second kappa shape index (κ2) is 3.30. The number of hydrogen-bond donors (Lipinski definition) is 1. The Morgan fingerprint density at radius 1 is 1.31 bits per heavy atom. The lowest BCUT2D eigenvalue weighted by atomic mass is 9.89. The smallest absolute Gasteiger partial charge is 0.163 e. The van der Waals surface area contributed by atoms with Crippen molar-refractivity contribution in [1.29, 1.82) is 0 Å². The molecular weight excluding hydrogens is 162 g/mol. The van der Waals surface area contributed by atoms with Gasteiger partial charge < -0.3 is 5.73 Å². The first-order valence-electron chi connectivity index (χ1n) is 4.66. The fraction of sp³-hybridized carbons (Fsp3) is 0.364. The molecule has 0 amide bonds. The van der Waals surface area contributed by atoms with E-state index in [1.54, 1.807) is 0 Å². The zero-order valence-electron chi connectivity index (χ0n) is 7.55. The number of fused-ring (bicyclic) bond motifs is 1. The Kier molecular flexibility index (Phi) is 2.15. The van der Waals surface area contributed by atoms with Gasteiger partial charge in [-0.05, 0) is 24.0 Å². The Bertz CT molecular complexity index is 344. The van der Waals surface area contributed by atoms with Crippen molar-refractivity contribution >= 4 is 5.78 Å². The molecule has 0 aliphatic heterocycles. The lowest BCUT2D eigenvalue weighted by Gasteiger charge is -2.14. The van der Waals surface area contributed by atoms with E-state index in [9.17, 15) is 4.79 Å². The van der Waals surface area contributed by atoms with Crippen molar-refractivity contribution in [3.05, 3.63) is 34.9 Å². The Morgan fingerprint density at radius 3 is 2.92 bits per heavy atom. The summed E-state index contributed by atoms with van der Waals surface area (Å²) in [5, 5.41) is 0. The molecule has 1 aromatic rings. The third-order valence-corrected chi connectivity index (χ3v) is 2.56. The van der Waals surface area contributed by atoms with Crippen LogP contribution in [0.25, 0.3) is 0 Å². The zero-order chi connectivity index (χ0) is 9.26. The van der Waals surface area contributed by atoms with Crippen LogP contribution in [0.15, 0.2) is 18.2 Å². The van der Waals surface area contributed by atoms with E-state index in [4.69, 9.17) is 5.73 Å². The van der Waals surface area contributed by atoms with Gasteiger partial charge in [-0.2, -0.15) is 0 Å². The molecule has 0 bridgehead atoms. The predicted molar refractivity (Wildman–Crippen MR) is 51.6 cm³/mol. The molecule has 2 rings (SSSR count). The molecule has 0 saturated carbocycles. The summed E-state index contributed by atoms with van der Waals surface area (Å²) >= 11 is 0. The molecule has 0 saturated heterocycles. The first kappa shape index (κ1) is 8.45. The van der Waals surface area contributed by atoms with Crippen LogP contribution in [-0.4, -0.2) is 5.78 Å². The molecule has 1 aliphatic rings. The molecule has 0 radical (unpaired) electrons. The standard InChI is InChI=1S/C11H13NO/c12-7-8-4-5-10-9(6-8)2-1-3-11(10)13/h4-6H,1-3,7,12H2. The minimum Gasteiger partial charge on any atom is -0.326 e. The second-order valence-corrected chi connectivity index (χ2v) is 3.47. The van der Waals surface area contributed by atoms with Gasteiger partial charge in [0.25, 0.3) is 0 Å². The summed E-state index contributed by atoms with van der Waals surface area (Å²) in [5.74, 6) is 0.282. The monoisotopic (exact) mass is 175 g/mol. The van der Waals surface area contributed by atoms with E-state index in [0.29, 0.717) is 13.0 Å². The van der Waals surface area contributed by atoms with E-state index in [1.165, 1.54) is 5.56 Å². The summed E-state index contributed by atoms with van der Waals surface area (Å²) in [4.78, 5) is 11.5. The van der Waals surface area contributed by atoms with Gasteiger partial charge in [-0.3, -0.25) is 4.79 Å². The van der Waals surface area contributed by atoms with Gasteiger partial charge in [0.2, 0.25) is 0 Å².